The lowest BCUT2D eigenvalue weighted by atomic mass is 9.92. The molecule has 0 radical (unpaired) electrons. The van der Waals surface area contributed by atoms with Gasteiger partial charge in [-0.1, -0.05) is 73.5 Å². The summed E-state index contributed by atoms with van der Waals surface area (Å²) < 4.78 is 1.52. The molecule has 0 saturated heterocycles. The number of fused-ring (bicyclic) bond motifs is 1. The van der Waals surface area contributed by atoms with Gasteiger partial charge in [0.1, 0.15) is 5.65 Å². The van der Waals surface area contributed by atoms with E-state index >= 15 is 0 Å². The Bertz CT molecular complexity index is 1430. The number of aromatic nitrogens is 2. The highest BCUT2D eigenvalue weighted by Crippen LogP contribution is 2.32. The Labute approximate surface area is 222 Å². The van der Waals surface area contributed by atoms with E-state index in [-0.39, 0.29) is 17.4 Å². The van der Waals surface area contributed by atoms with E-state index in [0.717, 1.165) is 11.1 Å². The van der Waals surface area contributed by atoms with Crippen molar-refractivity contribution in [1.29, 1.82) is 0 Å². The molecule has 2 N–H and O–H groups in total. The molecule has 7 heteroatoms. The number of halogens is 1. The highest BCUT2D eigenvalue weighted by Gasteiger charge is 2.32. The number of carbonyl (C=O) groups excluding carboxylic acids is 1. The molecular weight excluding hydrogens is 484 g/mol. The summed E-state index contributed by atoms with van der Waals surface area (Å²) in [5.41, 5.74) is 10.0. The first kappa shape index (κ1) is 26.6. The number of hydrogen-bond acceptors (Lipinski definition) is 4. The molecule has 1 atom stereocenters. The molecule has 0 aliphatic rings. The first-order valence-corrected chi connectivity index (χ1v) is 13.0. The second-order valence-corrected chi connectivity index (χ2v) is 10.1. The summed E-state index contributed by atoms with van der Waals surface area (Å²) in [5, 5.41) is 0.491. The number of pyridine rings is 1. The van der Waals surface area contributed by atoms with E-state index in [1.54, 1.807) is 18.3 Å². The third-order valence-electron chi connectivity index (χ3n) is 6.55. The van der Waals surface area contributed by atoms with Crippen molar-refractivity contribution in [1.82, 2.24) is 14.3 Å². The van der Waals surface area contributed by atoms with Crippen LogP contribution in [0.4, 0.5) is 0 Å². The van der Waals surface area contributed by atoms with E-state index in [4.69, 9.17) is 22.3 Å². The van der Waals surface area contributed by atoms with Gasteiger partial charge in [0.15, 0.2) is 0 Å². The molecule has 0 aliphatic carbocycles. The average Bonchev–Trinajstić information content (AvgIpc) is 2.88. The Morgan fingerprint density at radius 2 is 1.78 bits per heavy atom. The van der Waals surface area contributed by atoms with Crippen LogP contribution in [0.5, 0.6) is 0 Å². The van der Waals surface area contributed by atoms with Gasteiger partial charge in [0, 0.05) is 41.4 Å². The minimum absolute atomic E-state index is 0.0183. The minimum Gasteiger partial charge on any atom is -0.330 e. The van der Waals surface area contributed by atoms with Crippen molar-refractivity contribution in [3.63, 3.8) is 0 Å². The maximum atomic E-state index is 13.9. The van der Waals surface area contributed by atoms with Crippen LogP contribution in [0.3, 0.4) is 0 Å². The van der Waals surface area contributed by atoms with Gasteiger partial charge in [-0.25, -0.2) is 4.98 Å². The SMILES string of the molecule is Cc1ccc(C(=O)N(CCCN)C(c2nc3cc(Cl)ccn3c(=O)c2Cc2ccccc2)C(C)C)cc1. The van der Waals surface area contributed by atoms with Crippen LogP contribution in [0.25, 0.3) is 5.65 Å². The van der Waals surface area contributed by atoms with Gasteiger partial charge in [0.25, 0.3) is 11.5 Å². The maximum absolute atomic E-state index is 13.9. The number of rotatable bonds is 9. The molecule has 1 unspecified atom stereocenters. The number of nitrogens with zero attached hydrogens (tertiary/aromatic N) is 3. The van der Waals surface area contributed by atoms with Crippen molar-refractivity contribution >= 4 is 23.2 Å². The number of amides is 1. The maximum Gasteiger partial charge on any atom is 0.261 e. The number of benzene rings is 2. The summed E-state index contributed by atoms with van der Waals surface area (Å²) in [6, 6.07) is 20.3. The zero-order chi connectivity index (χ0) is 26.5. The Morgan fingerprint density at radius 1 is 1.08 bits per heavy atom. The second-order valence-electron chi connectivity index (χ2n) is 9.71. The normalized spacial score (nSPS) is 12.2. The summed E-state index contributed by atoms with van der Waals surface area (Å²) in [7, 11) is 0. The molecular formula is C30H33ClN4O2. The quantitative estimate of drug-likeness (QED) is 0.321. The molecule has 0 fully saturated rings. The van der Waals surface area contributed by atoms with E-state index in [9.17, 15) is 9.59 Å². The molecule has 0 spiro atoms. The van der Waals surface area contributed by atoms with Gasteiger partial charge in [0.2, 0.25) is 0 Å². The van der Waals surface area contributed by atoms with Crippen molar-refractivity contribution in [3.8, 4) is 0 Å². The summed E-state index contributed by atoms with van der Waals surface area (Å²) >= 11 is 6.28. The molecule has 0 saturated carbocycles. The third kappa shape index (κ3) is 5.92. The minimum atomic E-state index is -0.434. The van der Waals surface area contributed by atoms with Gasteiger partial charge in [0.05, 0.1) is 11.7 Å². The molecule has 6 nitrogen and oxygen atoms in total. The largest absolute Gasteiger partial charge is 0.330 e. The van der Waals surface area contributed by atoms with E-state index in [0.29, 0.717) is 53.4 Å². The van der Waals surface area contributed by atoms with E-state index in [1.807, 2.05) is 66.4 Å². The van der Waals surface area contributed by atoms with E-state index < -0.39 is 6.04 Å². The molecule has 37 heavy (non-hydrogen) atoms. The van der Waals surface area contributed by atoms with Gasteiger partial charge in [-0.3, -0.25) is 14.0 Å². The van der Waals surface area contributed by atoms with Crippen LogP contribution in [0, 0.1) is 12.8 Å². The molecule has 4 rings (SSSR count). The monoisotopic (exact) mass is 516 g/mol. The molecule has 0 bridgehead atoms. The number of hydrogen-bond donors (Lipinski definition) is 1. The first-order valence-electron chi connectivity index (χ1n) is 12.6. The third-order valence-corrected chi connectivity index (χ3v) is 6.79. The topological polar surface area (TPSA) is 80.7 Å². The van der Waals surface area contributed by atoms with E-state index in [1.165, 1.54) is 4.40 Å². The summed E-state index contributed by atoms with van der Waals surface area (Å²) in [6.07, 6.45) is 2.69. The van der Waals surface area contributed by atoms with Gasteiger partial charge < -0.3 is 10.6 Å². The highest BCUT2D eigenvalue weighted by molar-refractivity contribution is 6.30. The van der Waals surface area contributed by atoms with E-state index in [2.05, 4.69) is 13.8 Å². The van der Waals surface area contributed by atoms with Gasteiger partial charge in [-0.2, -0.15) is 0 Å². The predicted octanol–water partition coefficient (Wildman–Crippen LogP) is 5.44. The average molecular weight is 517 g/mol. The Balaban J connectivity index is 1.93. The zero-order valence-corrected chi connectivity index (χ0v) is 22.3. The molecule has 0 aliphatic heterocycles. The summed E-state index contributed by atoms with van der Waals surface area (Å²) in [4.78, 5) is 34.6. The van der Waals surface area contributed by atoms with Crippen LogP contribution >= 0.6 is 11.6 Å². The van der Waals surface area contributed by atoms with Gasteiger partial charge in [-0.15, -0.1) is 0 Å². The number of carbonyl (C=O) groups is 1. The highest BCUT2D eigenvalue weighted by atomic mass is 35.5. The lowest BCUT2D eigenvalue weighted by Crippen LogP contribution is -2.41. The van der Waals surface area contributed by atoms with Crippen molar-refractivity contribution < 1.29 is 4.79 Å². The first-order chi connectivity index (χ1) is 17.8. The lowest BCUT2D eigenvalue weighted by molar-refractivity contribution is 0.0614. The zero-order valence-electron chi connectivity index (χ0n) is 21.5. The van der Waals surface area contributed by atoms with Crippen LogP contribution < -0.4 is 11.3 Å². The van der Waals surface area contributed by atoms with Crippen molar-refractivity contribution in [2.24, 2.45) is 11.7 Å². The predicted molar refractivity (Wildman–Crippen MR) is 149 cm³/mol. The van der Waals surface area contributed by atoms with Crippen molar-refractivity contribution in [2.75, 3.05) is 13.1 Å². The summed E-state index contributed by atoms with van der Waals surface area (Å²) in [5.74, 6) is -0.124. The fourth-order valence-corrected chi connectivity index (χ4v) is 4.85. The standard InChI is InChI=1S/C30H33ClN4O2/c1-20(2)28(35(16-7-15-32)29(36)23-12-10-21(3)11-13-23)27-25(18-22-8-5-4-6-9-22)30(37)34-17-14-24(31)19-26(34)33-27/h4-6,8-14,17,19-20,28H,7,15-16,18,32H2,1-3H3. The second kappa shape index (κ2) is 11.7. The van der Waals surface area contributed by atoms with Gasteiger partial charge in [-0.05, 0) is 49.6 Å². The Morgan fingerprint density at radius 3 is 2.43 bits per heavy atom. The fraction of sp³-hybridized carbons (Fsp3) is 0.300. The number of aryl methyl sites for hydroxylation is 1. The molecule has 2 heterocycles. The fourth-order valence-electron chi connectivity index (χ4n) is 4.69. The molecule has 4 aromatic rings. The summed E-state index contributed by atoms with van der Waals surface area (Å²) in [6.45, 7) is 6.99. The van der Waals surface area contributed by atoms with Crippen LogP contribution in [0.1, 0.15) is 59.1 Å². The molecule has 2 aromatic carbocycles. The van der Waals surface area contributed by atoms with Crippen LogP contribution in [0.2, 0.25) is 5.02 Å². The number of nitrogens with two attached hydrogens (primary N) is 1. The van der Waals surface area contributed by atoms with Crippen molar-refractivity contribution in [3.05, 3.63) is 116 Å². The van der Waals surface area contributed by atoms with Crippen LogP contribution in [0.15, 0.2) is 77.7 Å². The Kier molecular flexibility index (Phi) is 8.41. The Hall–Kier alpha value is -3.48. The molecule has 192 valence electrons. The van der Waals surface area contributed by atoms with Gasteiger partial charge >= 0.3 is 0 Å². The molecule has 2 aromatic heterocycles. The van der Waals surface area contributed by atoms with Crippen LogP contribution in [-0.2, 0) is 6.42 Å². The smallest absolute Gasteiger partial charge is 0.261 e. The molecule has 1 amide bonds. The lowest BCUT2D eigenvalue weighted by Gasteiger charge is -2.35. The van der Waals surface area contributed by atoms with Crippen LogP contribution in [-0.4, -0.2) is 33.3 Å². The van der Waals surface area contributed by atoms with Crippen molar-refractivity contribution in [2.45, 2.75) is 39.7 Å².